The molecule has 92 valence electrons. The van der Waals surface area contributed by atoms with E-state index in [0.29, 0.717) is 17.6 Å². The first kappa shape index (κ1) is 11.2. The van der Waals surface area contributed by atoms with Crippen molar-refractivity contribution in [3.8, 4) is 0 Å². The second-order valence-corrected chi connectivity index (χ2v) is 5.57. The van der Waals surface area contributed by atoms with E-state index in [-0.39, 0.29) is 0 Å². The maximum absolute atomic E-state index is 6.20. The lowest BCUT2D eigenvalue weighted by Gasteiger charge is -2.52. The van der Waals surface area contributed by atoms with Gasteiger partial charge >= 0.3 is 0 Å². The molecule has 0 heterocycles. The molecule has 2 aliphatic rings. The quantitative estimate of drug-likeness (QED) is 0.868. The van der Waals surface area contributed by atoms with Crippen LogP contribution in [0.15, 0.2) is 30.3 Å². The van der Waals surface area contributed by atoms with Crippen molar-refractivity contribution < 1.29 is 4.74 Å². The van der Waals surface area contributed by atoms with Crippen LogP contribution in [0.1, 0.15) is 37.7 Å². The molecule has 2 aliphatic carbocycles. The maximum Gasteiger partial charge on any atom is 0.0720 e. The van der Waals surface area contributed by atoms with Crippen molar-refractivity contribution in [2.75, 3.05) is 0 Å². The summed E-state index contributed by atoms with van der Waals surface area (Å²) in [4.78, 5) is 0. The van der Waals surface area contributed by atoms with Crippen LogP contribution in [0.3, 0.4) is 0 Å². The van der Waals surface area contributed by atoms with Crippen molar-refractivity contribution in [3.63, 3.8) is 0 Å². The number of nitrogens with two attached hydrogens (primary N) is 1. The zero-order valence-corrected chi connectivity index (χ0v) is 10.3. The van der Waals surface area contributed by atoms with E-state index in [1.165, 1.54) is 31.2 Å². The molecule has 1 aromatic carbocycles. The summed E-state index contributed by atoms with van der Waals surface area (Å²) in [6.07, 6.45) is 6.66. The van der Waals surface area contributed by atoms with E-state index < -0.39 is 0 Å². The summed E-state index contributed by atoms with van der Waals surface area (Å²) in [5.41, 5.74) is 7.79. The smallest absolute Gasteiger partial charge is 0.0720 e. The van der Waals surface area contributed by atoms with Gasteiger partial charge in [0.2, 0.25) is 0 Å². The molecule has 2 atom stereocenters. The van der Waals surface area contributed by atoms with Crippen LogP contribution in [0.2, 0.25) is 0 Å². The third-order valence-corrected chi connectivity index (χ3v) is 4.68. The third kappa shape index (κ3) is 1.90. The molecule has 0 radical (unpaired) electrons. The van der Waals surface area contributed by atoms with Gasteiger partial charge in [-0.05, 0) is 24.8 Å². The summed E-state index contributed by atoms with van der Waals surface area (Å²) < 4.78 is 6.09. The zero-order chi connectivity index (χ0) is 11.7. The SMILES string of the molecule is NC1CC(OCc2ccccc2)C12CCCC2. The molecule has 2 heteroatoms. The molecule has 2 saturated carbocycles. The molecule has 0 aromatic heterocycles. The van der Waals surface area contributed by atoms with Gasteiger partial charge in [-0.1, -0.05) is 43.2 Å². The van der Waals surface area contributed by atoms with Crippen LogP contribution < -0.4 is 5.73 Å². The first-order valence-electron chi connectivity index (χ1n) is 6.72. The molecule has 1 spiro atoms. The van der Waals surface area contributed by atoms with Crippen LogP contribution in [0.5, 0.6) is 0 Å². The second kappa shape index (κ2) is 4.43. The summed E-state index contributed by atoms with van der Waals surface area (Å²) >= 11 is 0. The molecule has 3 rings (SSSR count). The molecule has 17 heavy (non-hydrogen) atoms. The first-order chi connectivity index (χ1) is 8.31. The van der Waals surface area contributed by atoms with Crippen LogP contribution in [-0.2, 0) is 11.3 Å². The fourth-order valence-electron chi connectivity index (χ4n) is 3.51. The van der Waals surface area contributed by atoms with Gasteiger partial charge in [0, 0.05) is 11.5 Å². The van der Waals surface area contributed by atoms with Crippen molar-refractivity contribution in [1.82, 2.24) is 0 Å². The summed E-state index contributed by atoms with van der Waals surface area (Å²) in [5.74, 6) is 0. The molecule has 0 amide bonds. The van der Waals surface area contributed by atoms with Gasteiger partial charge in [0.1, 0.15) is 0 Å². The van der Waals surface area contributed by atoms with Gasteiger partial charge in [-0.2, -0.15) is 0 Å². The number of ether oxygens (including phenoxy) is 1. The Morgan fingerprint density at radius 1 is 1.18 bits per heavy atom. The van der Waals surface area contributed by atoms with E-state index >= 15 is 0 Å². The average molecular weight is 231 g/mol. The summed E-state index contributed by atoms with van der Waals surface area (Å²) in [7, 11) is 0. The third-order valence-electron chi connectivity index (χ3n) is 4.68. The minimum Gasteiger partial charge on any atom is -0.373 e. The molecular formula is C15H21NO. The van der Waals surface area contributed by atoms with Crippen LogP contribution in [0.4, 0.5) is 0 Å². The topological polar surface area (TPSA) is 35.2 Å². The second-order valence-electron chi connectivity index (χ2n) is 5.57. The number of rotatable bonds is 3. The molecule has 2 N–H and O–H groups in total. The normalized spacial score (nSPS) is 30.4. The van der Waals surface area contributed by atoms with Crippen molar-refractivity contribution in [2.24, 2.45) is 11.1 Å². The molecular weight excluding hydrogens is 210 g/mol. The van der Waals surface area contributed by atoms with Gasteiger partial charge in [-0.25, -0.2) is 0 Å². The first-order valence-corrected chi connectivity index (χ1v) is 6.72. The van der Waals surface area contributed by atoms with E-state index in [2.05, 4.69) is 24.3 Å². The van der Waals surface area contributed by atoms with Gasteiger partial charge < -0.3 is 10.5 Å². The minimum absolute atomic E-state index is 0.328. The lowest BCUT2D eigenvalue weighted by Crippen LogP contribution is -2.60. The monoisotopic (exact) mass is 231 g/mol. The van der Waals surface area contributed by atoms with Crippen molar-refractivity contribution in [3.05, 3.63) is 35.9 Å². The molecule has 0 aliphatic heterocycles. The van der Waals surface area contributed by atoms with E-state index in [0.717, 1.165) is 13.0 Å². The molecule has 0 bridgehead atoms. The predicted octanol–water partition coefficient (Wildman–Crippen LogP) is 2.86. The highest BCUT2D eigenvalue weighted by molar-refractivity contribution is 5.14. The van der Waals surface area contributed by atoms with Crippen LogP contribution in [0, 0.1) is 5.41 Å². The highest BCUT2D eigenvalue weighted by atomic mass is 16.5. The fourth-order valence-corrected chi connectivity index (χ4v) is 3.51. The van der Waals surface area contributed by atoms with Gasteiger partial charge in [0.05, 0.1) is 12.7 Å². The van der Waals surface area contributed by atoms with E-state index in [4.69, 9.17) is 10.5 Å². The Morgan fingerprint density at radius 3 is 2.53 bits per heavy atom. The Hall–Kier alpha value is -0.860. The largest absolute Gasteiger partial charge is 0.373 e. The standard InChI is InChI=1S/C15H21NO/c16-13-10-14(15(13)8-4-5-9-15)17-11-12-6-2-1-3-7-12/h1-3,6-7,13-14H,4-5,8-11,16H2. The highest BCUT2D eigenvalue weighted by Crippen LogP contribution is 2.53. The fraction of sp³-hybridized carbons (Fsp3) is 0.600. The number of benzene rings is 1. The minimum atomic E-state index is 0.328. The zero-order valence-electron chi connectivity index (χ0n) is 10.3. The summed E-state index contributed by atoms with van der Waals surface area (Å²) in [5, 5.41) is 0. The van der Waals surface area contributed by atoms with Crippen LogP contribution in [-0.4, -0.2) is 12.1 Å². The molecule has 1 aromatic rings. The van der Waals surface area contributed by atoms with Crippen molar-refractivity contribution in [2.45, 2.75) is 50.9 Å². The molecule has 2 unspecified atom stereocenters. The van der Waals surface area contributed by atoms with Gasteiger partial charge in [-0.3, -0.25) is 0 Å². The van der Waals surface area contributed by atoms with E-state index in [1.807, 2.05) is 6.07 Å². The van der Waals surface area contributed by atoms with Crippen LogP contribution >= 0.6 is 0 Å². The van der Waals surface area contributed by atoms with Crippen molar-refractivity contribution >= 4 is 0 Å². The lowest BCUT2D eigenvalue weighted by molar-refractivity contribution is -0.130. The van der Waals surface area contributed by atoms with E-state index in [1.54, 1.807) is 0 Å². The van der Waals surface area contributed by atoms with Gasteiger partial charge in [0.25, 0.3) is 0 Å². The molecule has 2 fully saturated rings. The Kier molecular flexibility index (Phi) is 2.93. The Labute approximate surface area is 103 Å². The Morgan fingerprint density at radius 2 is 1.88 bits per heavy atom. The molecule has 0 saturated heterocycles. The van der Waals surface area contributed by atoms with Crippen molar-refractivity contribution in [1.29, 1.82) is 0 Å². The number of hydrogen-bond acceptors (Lipinski definition) is 2. The predicted molar refractivity (Wildman–Crippen MR) is 68.5 cm³/mol. The van der Waals surface area contributed by atoms with Crippen LogP contribution in [0.25, 0.3) is 0 Å². The van der Waals surface area contributed by atoms with Gasteiger partial charge in [0.15, 0.2) is 0 Å². The Balaban J connectivity index is 1.60. The maximum atomic E-state index is 6.20. The summed E-state index contributed by atoms with van der Waals surface area (Å²) in [6, 6.07) is 10.8. The van der Waals surface area contributed by atoms with Gasteiger partial charge in [-0.15, -0.1) is 0 Å². The lowest BCUT2D eigenvalue weighted by atomic mass is 9.61. The average Bonchev–Trinajstić information content (AvgIpc) is 2.88. The van der Waals surface area contributed by atoms with E-state index in [9.17, 15) is 0 Å². The summed E-state index contributed by atoms with van der Waals surface area (Å²) in [6.45, 7) is 0.736. The molecule has 2 nitrogen and oxygen atoms in total. The number of hydrogen-bond donors (Lipinski definition) is 1. The highest BCUT2D eigenvalue weighted by Gasteiger charge is 2.55. The Bertz CT molecular complexity index is 370.